The minimum Gasteiger partial charge on any atom is -0.313 e. The average Bonchev–Trinajstić information content (AvgIpc) is 2.46. The van der Waals surface area contributed by atoms with Crippen molar-refractivity contribution in [1.29, 1.82) is 0 Å². The van der Waals surface area contributed by atoms with E-state index in [1.807, 2.05) is 0 Å². The summed E-state index contributed by atoms with van der Waals surface area (Å²) in [5.41, 5.74) is 5.73. The predicted octanol–water partition coefficient (Wildman–Crippen LogP) is 5.27. The van der Waals surface area contributed by atoms with Gasteiger partial charge in [0.1, 0.15) is 0 Å². The summed E-state index contributed by atoms with van der Waals surface area (Å²) >= 11 is 0. The second-order valence-corrected chi connectivity index (χ2v) is 6.65. The normalized spacial score (nSPS) is 17.2. The maximum atomic E-state index is 3.61. The largest absolute Gasteiger partial charge is 0.313 e. The van der Waals surface area contributed by atoms with E-state index in [0.29, 0.717) is 0 Å². The summed E-state index contributed by atoms with van der Waals surface area (Å²) in [7, 11) is 0. The molecular formula is C20H31N. The van der Waals surface area contributed by atoms with Crippen molar-refractivity contribution in [1.82, 2.24) is 5.32 Å². The summed E-state index contributed by atoms with van der Waals surface area (Å²) in [5, 5.41) is 3.61. The number of rotatable bonds is 6. The van der Waals surface area contributed by atoms with E-state index in [1.165, 1.54) is 55.2 Å². The molecule has 0 amide bonds. The fraction of sp³-hybridized carbons (Fsp3) is 0.600. The van der Waals surface area contributed by atoms with Gasteiger partial charge in [-0.1, -0.05) is 67.2 Å². The number of hydrogen-bond donors (Lipinski definition) is 1. The van der Waals surface area contributed by atoms with Gasteiger partial charge in [-0.05, 0) is 51.1 Å². The van der Waals surface area contributed by atoms with Crippen molar-refractivity contribution in [2.45, 2.75) is 59.3 Å². The number of benzene rings is 1. The third-order valence-electron chi connectivity index (χ3n) is 4.48. The van der Waals surface area contributed by atoms with Crippen molar-refractivity contribution in [3.05, 3.63) is 40.5 Å². The molecule has 0 atom stereocenters. The maximum Gasteiger partial charge on any atom is 0.0170 e. The Morgan fingerprint density at radius 2 is 1.76 bits per heavy atom. The minimum atomic E-state index is 0.795. The summed E-state index contributed by atoms with van der Waals surface area (Å²) in [6.07, 6.45) is 10.7. The van der Waals surface area contributed by atoms with Crippen molar-refractivity contribution in [3.8, 4) is 0 Å². The molecule has 0 aliphatic heterocycles. The van der Waals surface area contributed by atoms with Crippen molar-refractivity contribution >= 4 is 6.08 Å². The van der Waals surface area contributed by atoms with Gasteiger partial charge < -0.3 is 5.32 Å². The number of nitrogens with one attached hydrogen (secondary N) is 1. The summed E-state index contributed by atoms with van der Waals surface area (Å²) < 4.78 is 0. The lowest BCUT2D eigenvalue weighted by Crippen LogP contribution is -2.23. The molecule has 1 N–H and O–H groups in total. The van der Waals surface area contributed by atoms with Crippen LogP contribution in [0, 0.1) is 19.8 Å². The van der Waals surface area contributed by atoms with E-state index < -0.39 is 0 Å². The zero-order valence-corrected chi connectivity index (χ0v) is 14.0. The lowest BCUT2D eigenvalue weighted by atomic mass is 9.83. The topological polar surface area (TPSA) is 12.0 Å². The van der Waals surface area contributed by atoms with Crippen LogP contribution in [0.4, 0.5) is 0 Å². The Bertz CT molecular complexity index is 446. The van der Waals surface area contributed by atoms with Crippen LogP contribution in [-0.2, 0) is 0 Å². The molecule has 1 aliphatic rings. The summed E-state index contributed by atoms with van der Waals surface area (Å²) in [6.45, 7) is 8.81. The molecule has 1 aromatic carbocycles. The molecule has 0 saturated heterocycles. The SMILES string of the molecule is CCCNC/C(=C/c1cc(C)cc(C)c1)C1CCCCC1. The Morgan fingerprint density at radius 3 is 2.38 bits per heavy atom. The average molecular weight is 285 g/mol. The van der Waals surface area contributed by atoms with Crippen LogP contribution in [0.1, 0.15) is 62.1 Å². The smallest absolute Gasteiger partial charge is 0.0170 e. The van der Waals surface area contributed by atoms with Gasteiger partial charge in [0, 0.05) is 6.54 Å². The van der Waals surface area contributed by atoms with Gasteiger partial charge in [-0.3, -0.25) is 0 Å². The van der Waals surface area contributed by atoms with Crippen LogP contribution < -0.4 is 5.32 Å². The monoisotopic (exact) mass is 285 g/mol. The molecule has 1 aliphatic carbocycles. The summed E-state index contributed by atoms with van der Waals surface area (Å²) in [4.78, 5) is 0. The van der Waals surface area contributed by atoms with Gasteiger partial charge in [0.25, 0.3) is 0 Å². The zero-order chi connectivity index (χ0) is 15.1. The molecule has 1 aromatic rings. The molecule has 116 valence electrons. The predicted molar refractivity (Wildman–Crippen MR) is 93.6 cm³/mol. The summed E-state index contributed by atoms with van der Waals surface area (Å²) in [5.74, 6) is 0.795. The molecule has 0 bridgehead atoms. The third kappa shape index (κ3) is 5.32. The van der Waals surface area contributed by atoms with E-state index in [4.69, 9.17) is 0 Å². The van der Waals surface area contributed by atoms with Crippen molar-refractivity contribution in [2.75, 3.05) is 13.1 Å². The molecular weight excluding hydrogens is 254 g/mol. The first-order chi connectivity index (χ1) is 10.2. The highest BCUT2D eigenvalue weighted by Gasteiger charge is 2.17. The second kappa shape index (κ2) is 8.38. The minimum absolute atomic E-state index is 0.795. The first-order valence-electron chi connectivity index (χ1n) is 8.68. The Labute approximate surface area is 130 Å². The van der Waals surface area contributed by atoms with Crippen LogP contribution in [0.5, 0.6) is 0 Å². The number of aryl methyl sites for hydroxylation is 2. The lowest BCUT2D eigenvalue weighted by molar-refractivity contribution is 0.396. The van der Waals surface area contributed by atoms with Crippen LogP contribution in [0.25, 0.3) is 6.08 Å². The van der Waals surface area contributed by atoms with E-state index in [0.717, 1.165) is 19.0 Å². The second-order valence-electron chi connectivity index (χ2n) is 6.65. The molecule has 0 unspecified atom stereocenters. The quantitative estimate of drug-likeness (QED) is 0.702. The molecule has 0 aromatic heterocycles. The molecule has 0 spiro atoms. The van der Waals surface area contributed by atoms with Crippen LogP contribution in [-0.4, -0.2) is 13.1 Å². The first kappa shape index (κ1) is 16.3. The molecule has 0 radical (unpaired) electrons. The van der Waals surface area contributed by atoms with E-state index >= 15 is 0 Å². The Morgan fingerprint density at radius 1 is 1.10 bits per heavy atom. The Hall–Kier alpha value is -1.08. The zero-order valence-electron chi connectivity index (χ0n) is 14.0. The van der Waals surface area contributed by atoms with Crippen LogP contribution in [0.2, 0.25) is 0 Å². The van der Waals surface area contributed by atoms with E-state index in [-0.39, 0.29) is 0 Å². The van der Waals surface area contributed by atoms with Crippen molar-refractivity contribution in [2.24, 2.45) is 5.92 Å². The van der Waals surface area contributed by atoms with Crippen LogP contribution in [0.15, 0.2) is 23.8 Å². The Kier molecular flexibility index (Phi) is 6.50. The van der Waals surface area contributed by atoms with E-state index in [1.54, 1.807) is 5.57 Å². The van der Waals surface area contributed by atoms with Gasteiger partial charge in [0.05, 0.1) is 0 Å². The number of hydrogen-bond acceptors (Lipinski definition) is 1. The van der Waals surface area contributed by atoms with Gasteiger partial charge in [-0.25, -0.2) is 0 Å². The molecule has 1 nitrogen and oxygen atoms in total. The highest BCUT2D eigenvalue weighted by Crippen LogP contribution is 2.30. The molecule has 1 saturated carbocycles. The van der Waals surface area contributed by atoms with E-state index in [9.17, 15) is 0 Å². The standard InChI is InChI=1S/C20H31N/c1-4-10-21-15-20(19-8-6-5-7-9-19)14-18-12-16(2)11-17(3)13-18/h11-14,19,21H,4-10,15H2,1-3H3/b20-14-. The van der Waals surface area contributed by atoms with Gasteiger partial charge in [0.2, 0.25) is 0 Å². The molecule has 1 fully saturated rings. The third-order valence-corrected chi connectivity index (χ3v) is 4.48. The molecule has 2 rings (SSSR count). The highest BCUT2D eigenvalue weighted by molar-refractivity contribution is 5.56. The van der Waals surface area contributed by atoms with Crippen LogP contribution >= 0.6 is 0 Å². The van der Waals surface area contributed by atoms with Crippen LogP contribution in [0.3, 0.4) is 0 Å². The fourth-order valence-electron chi connectivity index (χ4n) is 3.50. The maximum absolute atomic E-state index is 3.61. The molecule has 0 heterocycles. The summed E-state index contributed by atoms with van der Waals surface area (Å²) in [6, 6.07) is 6.89. The van der Waals surface area contributed by atoms with Gasteiger partial charge >= 0.3 is 0 Å². The molecule has 21 heavy (non-hydrogen) atoms. The van der Waals surface area contributed by atoms with Gasteiger partial charge in [-0.15, -0.1) is 0 Å². The Balaban J connectivity index is 2.17. The van der Waals surface area contributed by atoms with E-state index in [2.05, 4.69) is 50.4 Å². The first-order valence-corrected chi connectivity index (χ1v) is 8.68. The van der Waals surface area contributed by atoms with Crippen molar-refractivity contribution < 1.29 is 0 Å². The van der Waals surface area contributed by atoms with Gasteiger partial charge in [-0.2, -0.15) is 0 Å². The molecule has 1 heteroatoms. The fourth-order valence-corrected chi connectivity index (χ4v) is 3.50. The van der Waals surface area contributed by atoms with Crippen molar-refractivity contribution in [3.63, 3.8) is 0 Å². The highest BCUT2D eigenvalue weighted by atomic mass is 14.8. The lowest BCUT2D eigenvalue weighted by Gasteiger charge is -2.25. The van der Waals surface area contributed by atoms with Gasteiger partial charge in [0.15, 0.2) is 0 Å².